The number of benzene rings is 1. The van der Waals surface area contributed by atoms with Gasteiger partial charge in [0.05, 0.1) is 34.8 Å². The summed E-state index contributed by atoms with van der Waals surface area (Å²) in [5.74, 6) is -1.88. The molecule has 7 rings (SSSR count). The largest absolute Gasteiger partial charge is 0.464 e. The number of methoxy groups -OCH3 is 1. The fourth-order valence-electron chi connectivity index (χ4n) is 9.55. The van der Waals surface area contributed by atoms with E-state index in [0.29, 0.717) is 70.0 Å². The topological polar surface area (TPSA) is 172 Å². The molecule has 0 aliphatic carbocycles. The van der Waals surface area contributed by atoms with Crippen molar-refractivity contribution in [1.82, 2.24) is 45.0 Å². The van der Waals surface area contributed by atoms with Crippen molar-refractivity contribution >= 4 is 106 Å². The van der Waals surface area contributed by atoms with Crippen molar-refractivity contribution in [2.24, 2.45) is 11.3 Å². The molecule has 2 saturated heterocycles. The summed E-state index contributed by atoms with van der Waals surface area (Å²) in [6.45, 7) is 18.3. The molecule has 16 nitrogen and oxygen atoms in total. The van der Waals surface area contributed by atoms with Crippen LogP contribution in [0.3, 0.4) is 0 Å². The summed E-state index contributed by atoms with van der Waals surface area (Å²) < 4.78 is 14.2. The van der Waals surface area contributed by atoms with Gasteiger partial charge in [-0.2, -0.15) is 54.0 Å². The molecule has 3 aliphatic rings. The van der Waals surface area contributed by atoms with E-state index < -0.39 is 41.3 Å². The molecule has 386 valence electrons. The lowest BCUT2D eigenvalue weighted by Gasteiger charge is -2.37. The van der Waals surface area contributed by atoms with Crippen LogP contribution in [0.15, 0.2) is 54.6 Å². The van der Waals surface area contributed by atoms with Crippen LogP contribution in [0.4, 0.5) is 4.79 Å². The number of carbonyl (C=O) groups excluding carboxylic acids is 5. The molecule has 0 spiro atoms. The summed E-state index contributed by atoms with van der Waals surface area (Å²) in [4.78, 5) is 84.0. The highest BCUT2D eigenvalue weighted by atomic mass is 32.1. The number of aromatic nitrogens is 3. The van der Waals surface area contributed by atoms with E-state index in [1.165, 1.54) is 27.3 Å². The third-order valence-corrected chi connectivity index (χ3v) is 13.9. The summed E-state index contributed by atoms with van der Waals surface area (Å²) in [5.41, 5.74) is 9.26. The van der Waals surface area contributed by atoms with Gasteiger partial charge in [0.2, 0.25) is 11.8 Å². The number of esters is 1. The smallest absolute Gasteiger partial charge is 0.324 e. The number of nitrogens with zero attached hydrogens (tertiary/aromatic N) is 7. The number of thiazole rings is 1. The van der Waals surface area contributed by atoms with Crippen LogP contribution in [0.1, 0.15) is 83.2 Å². The Labute approximate surface area is 444 Å². The first-order valence-corrected chi connectivity index (χ1v) is 24.0. The van der Waals surface area contributed by atoms with Crippen LogP contribution in [0.2, 0.25) is 0 Å². The lowest BCUT2D eigenvalue weighted by Crippen LogP contribution is -2.62. The van der Waals surface area contributed by atoms with E-state index in [-0.39, 0.29) is 91.0 Å². The number of ether oxygens (including phenoxy) is 2. The van der Waals surface area contributed by atoms with Gasteiger partial charge in [0, 0.05) is 98.9 Å². The molecule has 0 saturated carbocycles. The van der Waals surface area contributed by atoms with Crippen molar-refractivity contribution in [2.45, 2.75) is 104 Å². The predicted molar refractivity (Wildman–Crippen MR) is 296 cm³/mol. The van der Waals surface area contributed by atoms with Crippen molar-refractivity contribution < 1.29 is 33.4 Å². The summed E-state index contributed by atoms with van der Waals surface area (Å²) in [7, 11) is 3.28. The zero-order valence-electron chi connectivity index (χ0n) is 41.6. The van der Waals surface area contributed by atoms with Crippen LogP contribution in [-0.4, -0.2) is 136 Å². The zero-order chi connectivity index (χ0) is 47.4. The van der Waals surface area contributed by atoms with Gasteiger partial charge >= 0.3 is 12.0 Å². The van der Waals surface area contributed by atoms with E-state index in [4.69, 9.17) is 19.4 Å². The molecule has 2 fully saturated rings. The number of hydrazine groups is 1. The van der Waals surface area contributed by atoms with E-state index in [9.17, 15) is 24.0 Å². The molecule has 6 heterocycles. The van der Waals surface area contributed by atoms with Crippen LogP contribution in [0.25, 0.3) is 33.4 Å². The number of aryl methyl sites for hydroxylation is 1. The van der Waals surface area contributed by atoms with Crippen LogP contribution < -0.4 is 10.7 Å². The number of hydrogen-bond acceptors (Lipinski definition) is 11. The van der Waals surface area contributed by atoms with Crippen molar-refractivity contribution in [3.05, 3.63) is 70.8 Å². The first-order chi connectivity index (χ1) is 31.5. The molecule has 3 aromatic heterocycles. The lowest BCUT2D eigenvalue weighted by molar-refractivity contribution is -0.155. The number of cyclic esters (lactones) is 1. The number of pyridine rings is 1. The van der Waals surface area contributed by atoms with Gasteiger partial charge in [0.1, 0.15) is 18.1 Å². The third-order valence-electron chi connectivity index (χ3n) is 13.0. The minimum absolute atomic E-state index is 0. The molecule has 0 radical (unpaired) electrons. The van der Waals surface area contributed by atoms with Gasteiger partial charge in [0.15, 0.2) is 0 Å². The van der Waals surface area contributed by atoms with Crippen molar-refractivity contribution in [3.63, 3.8) is 0 Å². The molecular weight excluding hydrogens is 987 g/mol. The summed E-state index contributed by atoms with van der Waals surface area (Å²) in [5, 5.41) is 8.10. The molecule has 0 unspecified atom stereocenters. The maximum absolute atomic E-state index is 14.6. The van der Waals surface area contributed by atoms with Crippen LogP contribution in [0.5, 0.6) is 0 Å². The third kappa shape index (κ3) is 13.0. The number of likely N-dealkylation sites (N-methyl/N-ethyl adjacent to an activating group) is 1. The Morgan fingerprint density at radius 1 is 1.04 bits per heavy atom. The van der Waals surface area contributed by atoms with E-state index in [1.807, 2.05) is 32.2 Å². The normalized spacial score (nSPS) is 19.1. The Balaban J connectivity index is 0.00000324. The van der Waals surface area contributed by atoms with Crippen LogP contribution in [-0.2, 0) is 48.0 Å². The monoisotopic (exact) mass is 1060 g/mol. The van der Waals surface area contributed by atoms with E-state index in [0.717, 1.165) is 44.7 Å². The van der Waals surface area contributed by atoms with Crippen LogP contribution in [0, 0.1) is 11.3 Å². The average molecular weight is 1060 g/mol. The second-order valence-corrected chi connectivity index (χ2v) is 19.7. The van der Waals surface area contributed by atoms with Crippen molar-refractivity contribution in [2.75, 3.05) is 53.5 Å². The van der Waals surface area contributed by atoms with Gasteiger partial charge in [-0.05, 0) is 81.4 Å². The molecule has 70 heavy (non-hydrogen) atoms. The average Bonchev–Trinajstić information content (AvgIpc) is 3.80. The maximum Gasteiger partial charge on any atom is 0.324 e. The Bertz CT molecular complexity index is 2480. The minimum atomic E-state index is -1.09. The molecule has 5 amide bonds. The molecule has 1 aromatic carbocycles. The Morgan fingerprint density at radius 3 is 2.44 bits per heavy atom. The summed E-state index contributed by atoms with van der Waals surface area (Å²) in [6.07, 6.45) is 5.04. The molecule has 3 aliphatic heterocycles. The number of nitrogens with one attached hydrogen (secondary N) is 2. The Kier molecular flexibility index (Phi) is 22.2. The quantitative estimate of drug-likeness (QED) is 0.140. The van der Waals surface area contributed by atoms with Gasteiger partial charge < -0.3 is 34.1 Å². The fourth-order valence-corrected chi connectivity index (χ4v) is 10.4. The number of fused-ring (bicyclic) bond motifs is 6. The van der Waals surface area contributed by atoms with Gasteiger partial charge in [-0.1, -0.05) is 40.3 Å². The molecule has 6 bridgehead atoms. The number of rotatable bonds is 9. The maximum atomic E-state index is 14.6. The number of amides is 5. The first-order valence-electron chi connectivity index (χ1n) is 23.1. The number of carbonyl (C=O) groups is 5. The highest BCUT2D eigenvalue weighted by molar-refractivity contribution is 7.59. The first kappa shape index (κ1) is 60.1. The SMILES string of the molecule is C=CC(=O)N1CCCN(C(=O)N(C)[C@H](C(=O)N[C@H]2Cc3nc(cs3)-c3ccc4c(c3)c(c(-c3cccnc3[C@H](C)OC)n4CC)CC(C)(C)COC(=O)[C@@H]3CCCN(N3)C2=O)C(C)C)CC1.S.S.S.S. The number of urea groups is 1. The standard InChI is InChI=1S/C49H65N9O7S.4H2S/c1-10-41(59)55-20-14-21-56(24-23-55)48(63)54(8)43(30(3)4)45(60)52-37-26-40-51-38(28-66-40)32-17-18-39-34(25-32)35(44(57(39)11-2)33-15-12-19-50-42(33)31(5)64-9)27-49(6,7)29-65-47(62)36-16-13-22-58(53-36)46(37)61;;;;/h10,12,15,17-19,25,28,30-31,36-37,43,53H,1,11,13-14,16,20-24,26-27,29H2,2-9H3,(H,52,60);4*1H2/t31-,36-,37-,43-;;;;/m0..../s1. The highest BCUT2D eigenvalue weighted by Crippen LogP contribution is 2.42. The lowest BCUT2D eigenvalue weighted by atomic mass is 9.84. The van der Waals surface area contributed by atoms with Gasteiger partial charge in [-0.15, -0.1) is 11.3 Å². The molecule has 2 N–H and O–H groups in total. The second-order valence-electron chi connectivity index (χ2n) is 18.7. The van der Waals surface area contributed by atoms with Gasteiger partial charge in [-0.3, -0.25) is 29.2 Å². The number of hydrogen-bond donors (Lipinski definition) is 2. The molecule has 21 heteroatoms. The Morgan fingerprint density at radius 2 is 1.76 bits per heavy atom. The molecule has 4 aromatic rings. The molecule has 4 atom stereocenters. The second kappa shape index (κ2) is 25.9. The summed E-state index contributed by atoms with van der Waals surface area (Å²) >= 11 is 1.41. The summed E-state index contributed by atoms with van der Waals surface area (Å²) in [6, 6.07) is 7.26. The minimum Gasteiger partial charge on any atom is -0.464 e. The van der Waals surface area contributed by atoms with Crippen molar-refractivity contribution in [3.8, 4) is 22.5 Å². The van der Waals surface area contributed by atoms with E-state index in [2.05, 4.69) is 66.9 Å². The Hall–Kier alpha value is -4.25. The van der Waals surface area contributed by atoms with E-state index in [1.54, 1.807) is 30.2 Å². The predicted octanol–water partition coefficient (Wildman–Crippen LogP) is 6.45. The van der Waals surface area contributed by atoms with Crippen molar-refractivity contribution in [1.29, 1.82) is 0 Å². The van der Waals surface area contributed by atoms with E-state index >= 15 is 0 Å². The van der Waals surface area contributed by atoms with Crippen LogP contribution >= 0.6 is 65.3 Å². The fraction of sp³-hybridized carbons (Fsp3) is 0.531. The zero-order valence-corrected chi connectivity index (χ0v) is 46.4. The van der Waals surface area contributed by atoms with Gasteiger partial charge in [0.25, 0.3) is 5.91 Å². The highest BCUT2D eigenvalue weighted by Gasteiger charge is 2.39. The molecular formula is C49H73N9O7S5. The van der Waals surface area contributed by atoms with Gasteiger partial charge in [-0.25, -0.2) is 15.2 Å².